The van der Waals surface area contributed by atoms with Crippen LogP contribution >= 0.6 is 0 Å². The van der Waals surface area contributed by atoms with Gasteiger partial charge in [0.2, 0.25) is 5.91 Å². The van der Waals surface area contributed by atoms with Gasteiger partial charge in [0.25, 0.3) is 0 Å². The predicted octanol–water partition coefficient (Wildman–Crippen LogP) is -0.614. The normalized spacial score (nSPS) is 17.5. The van der Waals surface area contributed by atoms with Gasteiger partial charge in [-0.25, -0.2) is 4.79 Å². The molecular formula is C14H25N7O2. The molecule has 1 aliphatic heterocycles. The summed E-state index contributed by atoms with van der Waals surface area (Å²) in [5, 5.41) is 16.3. The van der Waals surface area contributed by atoms with Crippen LogP contribution in [0.15, 0.2) is 6.33 Å². The minimum atomic E-state index is -0.212. The number of rotatable bonds is 5. The van der Waals surface area contributed by atoms with Crippen LogP contribution in [0.3, 0.4) is 0 Å². The van der Waals surface area contributed by atoms with Crippen LogP contribution in [-0.4, -0.2) is 64.3 Å². The molecule has 3 amide bonds. The first kappa shape index (κ1) is 17.2. The average molecular weight is 323 g/mol. The van der Waals surface area contributed by atoms with E-state index in [0.29, 0.717) is 12.4 Å². The Bertz CT molecular complexity index is 537. The van der Waals surface area contributed by atoms with E-state index < -0.39 is 0 Å². The van der Waals surface area contributed by atoms with Gasteiger partial charge in [-0.15, -0.1) is 10.2 Å². The van der Waals surface area contributed by atoms with E-state index >= 15 is 0 Å². The monoisotopic (exact) mass is 323 g/mol. The van der Waals surface area contributed by atoms with Gasteiger partial charge >= 0.3 is 6.03 Å². The molecule has 2 rings (SSSR count). The van der Waals surface area contributed by atoms with E-state index in [1.165, 1.54) is 0 Å². The quantitative estimate of drug-likeness (QED) is 0.670. The van der Waals surface area contributed by atoms with Crippen molar-refractivity contribution in [1.82, 2.24) is 35.6 Å². The lowest BCUT2D eigenvalue weighted by atomic mass is 10.1. The number of nitrogens with zero attached hydrogens (tertiary/aromatic N) is 4. The van der Waals surface area contributed by atoms with Gasteiger partial charge in [0, 0.05) is 33.2 Å². The number of carbonyl (C=O) groups is 2. The summed E-state index contributed by atoms with van der Waals surface area (Å²) in [7, 11) is 3.48. The molecule has 128 valence electrons. The van der Waals surface area contributed by atoms with Crippen LogP contribution in [0.25, 0.3) is 0 Å². The number of aryl methyl sites for hydroxylation is 1. The first-order valence-electron chi connectivity index (χ1n) is 7.83. The fourth-order valence-corrected chi connectivity index (χ4v) is 2.69. The zero-order valence-electron chi connectivity index (χ0n) is 13.9. The molecule has 0 unspecified atom stereocenters. The van der Waals surface area contributed by atoms with E-state index in [9.17, 15) is 9.59 Å². The summed E-state index contributed by atoms with van der Waals surface area (Å²) < 4.78 is 1.78. The largest absolute Gasteiger partial charge is 0.358 e. The summed E-state index contributed by atoms with van der Waals surface area (Å²) >= 11 is 0. The van der Waals surface area contributed by atoms with E-state index in [-0.39, 0.29) is 24.0 Å². The Morgan fingerprint density at radius 2 is 2.09 bits per heavy atom. The molecule has 23 heavy (non-hydrogen) atoms. The lowest BCUT2D eigenvalue weighted by molar-refractivity contribution is -0.122. The fraction of sp³-hybridized carbons (Fsp3) is 0.714. The predicted molar refractivity (Wildman–Crippen MR) is 84.6 cm³/mol. The van der Waals surface area contributed by atoms with Crippen LogP contribution in [0.4, 0.5) is 4.79 Å². The number of nitrogens with one attached hydrogen (secondary N) is 3. The molecule has 0 aliphatic carbocycles. The Kier molecular flexibility index (Phi) is 5.91. The molecule has 3 N–H and O–H groups in total. The third kappa shape index (κ3) is 4.92. The van der Waals surface area contributed by atoms with E-state index in [1.54, 1.807) is 17.9 Å². The highest BCUT2D eigenvalue weighted by Crippen LogP contribution is 2.11. The Morgan fingerprint density at radius 1 is 1.39 bits per heavy atom. The van der Waals surface area contributed by atoms with Gasteiger partial charge in [-0.3, -0.25) is 9.69 Å². The maximum absolute atomic E-state index is 12.1. The van der Waals surface area contributed by atoms with Gasteiger partial charge in [-0.1, -0.05) is 0 Å². The summed E-state index contributed by atoms with van der Waals surface area (Å²) in [6.07, 6.45) is 3.28. The molecule has 0 spiro atoms. The molecule has 1 aromatic rings. The highest BCUT2D eigenvalue weighted by molar-refractivity contribution is 5.77. The number of carbonyl (C=O) groups excluding carboxylic acids is 2. The van der Waals surface area contributed by atoms with Crippen molar-refractivity contribution in [3.05, 3.63) is 12.2 Å². The van der Waals surface area contributed by atoms with E-state index in [2.05, 4.69) is 31.0 Å². The van der Waals surface area contributed by atoms with E-state index in [1.807, 2.05) is 14.0 Å². The molecule has 1 saturated heterocycles. The van der Waals surface area contributed by atoms with Crippen molar-refractivity contribution in [2.75, 3.05) is 26.7 Å². The number of piperidine rings is 1. The molecule has 1 aromatic heterocycles. The SMILES string of the molecule is CNC(=O)CN1CCC(NC(=O)N[C@@H](C)c2nncn2C)CC1. The number of urea groups is 1. The highest BCUT2D eigenvalue weighted by atomic mass is 16.2. The molecule has 9 nitrogen and oxygen atoms in total. The van der Waals surface area contributed by atoms with Crippen LogP contribution in [0.2, 0.25) is 0 Å². The number of hydrogen-bond donors (Lipinski definition) is 3. The van der Waals surface area contributed by atoms with Crippen molar-refractivity contribution >= 4 is 11.9 Å². The molecule has 0 bridgehead atoms. The molecule has 2 heterocycles. The fourth-order valence-electron chi connectivity index (χ4n) is 2.69. The molecule has 9 heteroatoms. The first-order chi connectivity index (χ1) is 11.0. The second kappa shape index (κ2) is 7.91. The molecule has 0 aromatic carbocycles. The number of likely N-dealkylation sites (tertiary alicyclic amines) is 1. The van der Waals surface area contributed by atoms with E-state index in [0.717, 1.165) is 25.9 Å². The zero-order chi connectivity index (χ0) is 16.8. The number of amides is 3. The summed E-state index contributed by atoms with van der Waals surface area (Å²) in [5.41, 5.74) is 0. The molecule has 1 aliphatic rings. The van der Waals surface area contributed by atoms with Gasteiger partial charge in [0.15, 0.2) is 5.82 Å². The lowest BCUT2D eigenvalue weighted by Gasteiger charge is -2.31. The van der Waals surface area contributed by atoms with Gasteiger partial charge in [0.1, 0.15) is 6.33 Å². The summed E-state index contributed by atoms with van der Waals surface area (Å²) in [4.78, 5) is 25.5. The Balaban J connectivity index is 1.72. The standard InChI is InChI=1S/C14H25N7O2/c1-10(13-19-16-9-20(13)3)17-14(23)18-11-4-6-21(7-5-11)8-12(22)15-2/h9-11H,4-8H2,1-3H3,(H,15,22)(H2,17,18,23)/t10-/m0/s1. The van der Waals surface area contributed by atoms with Crippen LogP contribution in [0, 0.1) is 0 Å². The molecule has 0 saturated carbocycles. The minimum Gasteiger partial charge on any atom is -0.358 e. The van der Waals surface area contributed by atoms with Crippen LogP contribution in [-0.2, 0) is 11.8 Å². The third-order valence-electron chi connectivity index (χ3n) is 4.05. The average Bonchev–Trinajstić information content (AvgIpc) is 2.95. The Morgan fingerprint density at radius 3 is 2.65 bits per heavy atom. The molecule has 1 fully saturated rings. The van der Waals surface area contributed by atoms with Crippen molar-refractivity contribution in [2.24, 2.45) is 7.05 Å². The number of hydrogen-bond acceptors (Lipinski definition) is 5. The van der Waals surface area contributed by atoms with Gasteiger partial charge in [-0.05, 0) is 19.8 Å². The van der Waals surface area contributed by atoms with Crippen molar-refractivity contribution in [1.29, 1.82) is 0 Å². The Hall–Kier alpha value is -2.16. The van der Waals surface area contributed by atoms with Crippen LogP contribution in [0.1, 0.15) is 31.6 Å². The smallest absolute Gasteiger partial charge is 0.315 e. The minimum absolute atomic E-state index is 0.0201. The first-order valence-corrected chi connectivity index (χ1v) is 7.83. The summed E-state index contributed by atoms with van der Waals surface area (Å²) in [6.45, 7) is 3.89. The van der Waals surface area contributed by atoms with E-state index in [4.69, 9.17) is 0 Å². The van der Waals surface area contributed by atoms with Crippen molar-refractivity contribution in [3.8, 4) is 0 Å². The highest BCUT2D eigenvalue weighted by Gasteiger charge is 2.22. The molecule has 0 radical (unpaired) electrons. The maximum Gasteiger partial charge on any atom is 0.315 e. The summed E-state index contributed by atoms with van der Waals surface area (Å²) in [5.74, 6) is 0.729. The number of aromatic nitrogens is 3. The molecular weight excluding hydrogens is 298 g/mol. The van der Waals surface area contributed by atoms with Gasteiger partial charge < -0.3 is 20.5 Å². The Labute approximate surface area is 135 Å². The second-order valence-corrected chi connectivity index (χ2v) is 5.86. The van der Waals surface area contributed by atoms with Crippen LogP contribution < -0.4 is 16.0 Å². The number of likely N-dealkylation sites (N-methyl/N-ethyl adjacent to an activating group) is 1. The third-order valence-corrected chi connectivity index (χ3v) is 4.05. The van der Waals surface area contributed by atoms with Gasteiger partial charge in [-0.2, -0.15) is 0 Å². The zero-order valence-corrected chi connectivity index (χ0v) is 13.9. The topological polar surface area (TPSA) is 104 Å². The second-order valence-electron chi connectivity index (χ2n) is 5.86. The van der Waals surface area contributed by atoms with Crippen LogP contribution in [0.5, 0.6) is 0 Å². The van der Waals surface area contributed by atoms with Crippen molar-refractivity contribution < 1.29 is 9.59 Å². The lowest BCUT2D eigenvalue weighted by Crippen LogP contribution is -2.49. The summed E-state index contributed by atoms with van der Waals surface area (Å²) in [6, 6.07) is -0.288. The molecule has 1 atom stereocenters. The van der Waals surface area contributed by atoms with Gasteiger partial charge in [0.05, 0.1) is 12.6 Å². The maximum atomic E-state index is 12.1. The van der Waals surface area contributed by atoms with Crippen molar-refractivity contribution in [3.63, 3.8) is 0 Å². The van der Waals surface area contributed by atoms with Crippen molar-refractivity contribution in [2.45, 2.75) is 31.8 Å².